The second kappa shape index (κ2) is 5.46. The van der Waals surface area contributed by atoms with Gasteiger partial charge in [-0.3, -0.25) is 0 Å². The zero-order chi connectivity index (χ0) is 14.9. The molecule has 1 unspecified atom stereocenters. The topological polar surface area (TPSA) is 35.8 Å². The van der Waals surface area contributed by atoms with Gasteiger partial charge in [-0.05, 0) is 36.7 Å². The van der Waals surface area contributed by atoms with Gasteiger partial charge >= 0.3 is 0 Å². The zero-order valence-electron chi connectivity index (χ0n) is 13.2. The fraction of sp³-hybridized carbons (Fsp3) is 0.632. The molecule has 0 aromatic heterocycles. The molecule has 2 heteroatoms. The number of hydrogen-bond donors (Lipinski definition) is 1. The van der Waals surface area contributed by atoms with Crippen molar-refractivity contribution in [3.05, 3.63) is 35.9 Å². The molecule has 3 rings (SSSR count). The molecule has 0 spiro atoms. The Morgan fingerprint density at radius 2 is 1.86 bits per heavy atom. The summed E-state index contributed by atoms with van der Waals surface area (Å²) >= 11 is 0. The summed E-state index contributed by atoms with van der Waals surface area (Å²) in [5.41, 5.74) is 1.33. The Kier molecular flexibility index (Phi) is 3.80. The van der Waals surface area contributed by atoms with Crippen molar-refractivity contribution in [1.82, 2.24) is 5.32 Å². The van der Waals surface area contributed by atoms with Crippen LogP contribution in [0.3, 0.4) is 0 Å². The van der Waals surface area contributed by atoms with E-state index in [0.717, 1.165) is 12.8 Å². The second-order valence-corrected chi connectivity index (χ2v) is 7.62. The molecule has 21 heavy (non-hydrogen) atoms. The van der Waals surface area contributed by atoms with Crippen molar-refractivity contribution in [1.29, 1.82) is 5.26 Å². The lowest BCUT2D eigenvalue weighted by atomic mass is 9.61. The van der Waals surface area contributed by atoms with Crippen LogP contribution in [-0.4, -0.2) is 12.1 Å². The SMILES string of the molecule is CC1(C)CCCCC1NC1CC(C#N)(c2ccccc2)C1. The van der Waals surface area contributed by atoms with Crippen molar-refractivity contribution >= 4 is 0 Å². The Bertz CT molecular complexity index is 520. The summed E-state index contributed by atoms with van der Waals surface area (Å²) < 4.78 is 0. The molecule has 1 N–H and O–H groups in total. The summed E-state index contributed by atoms with van der Waals surface area (Å²) in [5.74, 6) is 0. The lowest BCUT2D eigenvalue weighted by Crippen LogP contribution is -2.57. The van der Waals surface area contributed by atoms with Crippen molar-refractivity contribution in [3.8, 4) is 6.07 Å². The number of nitriles is 1. The molecule has 1 atom stereocenters. The lowest BCUT2D eigenvalue weighted by molar-refractivity contribution is 0.116. The molecular formula is C19H26N2. The summed E-state index contributed by atoms with van der Waals surface area (Å²) in [7, 11) is 0. The van der Waals surface area contributed by atoms with Crippen LogP contribution < -0.4 is 5.32 Å². The third-order valence-electron chi connectivity index (χ3n) is 5.67. The molecule has 2 saturated carbocycles. The van der Waals surface area contributed by atoms with E-state index < -0.39 is 0 Å². The quantitative estimate of drug-likeness (QED) is 0.903. The maximum absolute atomic E-state index is 9.64. The Balaban J connectivity index is 1.64. The van der Waals surface area contributed by atoms with Crippen molar-refractivity contribution in [3.63, 3.8) is 0 Å². The molecule has 1 aromatic carbocycles. The molecule has 0 amide bonds. The van der Waals surface area contributed by atoms with Crippen LogP contribution in [0.25, 0.3) is 0 Å². The van der Waals surface area contributed by atoms with E-state index >= 15 is 0 Å². The molecular weight excluding hydrogens is 256 g/mol. The number of hydrogen-bond acceptors (Lipinski definition) is 2. The second-order valence-electron chi connectivity index (χ2n) is 7.62. The Morgan fingerprint density at radius 1 is 1.14 bits per heavy atom. The van der Waals surface area contributed by atoms with Crippen molar-refractivity contribution < 1.29 is 0 Å². The molecule has 2 aliphatic rings. The highest BCUT2D eigenvalue weighted by atomic mass is 15.0. The Hall–Kier alpha value is -1.33. The van der Waals surface area contributed by atoms with E-state index in [1.54, 1.807) is 0 Å². The first kappa shape index (κ1) is 14.6. The van der Waals surface area contributed by atoms with Crippen LogP contribution in [-0.2, 0) is 5.41 Å². The average molecular weight is 282 g/mol. The largest absolute Gasteiger partial charge is 0.311 e. The van der Waals surface area contributed by atoms with Gasteiger partial charge < -0.3 is 5.32 Å². The van der Waals surface area contributed by atoms with Gasteiger partial charge in [0.2, 0.25) is 0 Å². The summed E-state index contributed by atoms with van der Waals surface area (Å²) in [5, 5.41) is 13.5. The van der Waals surface area contributed by atoms with Crippen LogP contribution in [0.5, 0.6) is 0 Å². The zero-order valence-corrected chi connectivity index (χ0v) is 13.2. The Morgan fingerprint density at radius 3 is 2.48 bits per heavy atom. The number of nitrogens with one attached hydrogen (secondary N) is 1. The maximum atomic E-state index is 9.64. The molecule has 0 radical (unpaired) electrons. The fourth-order valence-electron chi connectivity index (χ4n) is 4.14. The van der Waals surface area contributed by atoms with Crippen LogP contribution in [0, 0.1) is 16.7 Å². The fourth-order valence-corrected chi connectivity index (χ4v) is 4.14. The van der Waals surface area contributed by atoms with Crippen molar-refractivity contribution in [2.75, 3.05) is 0 Å². The van der Waals surface area contributed by atoms with Crippen LogP contribution in [0.4, 0.5) is 0 Å². The summed E-state index contributed by atoms with van der Waals surface area (Å²) in [6, 6.07) is 14.0. The summed E-state index contributed by atoms with van der Waals surface area (Å²) in [6.07, 6.45) is 7.23. The monoisotopic (exact) mass is 282 g/mol. The van der Waals surface area contributed by atoms with Crippen molar-refractivity contribution in [2.45, 2.75) is 69.9 Å². The minimum atomic E-state index is -0.252. The van der Waals surface area contributed by atoms with E-state index in [1.807, 2.05) is 18.2 Å². The van der Waals surface area contributed by atoms with Gasteiger partial charge in [-0.1, -0.05) is 57.0 Å². The van der Waals surface area contributed by atoms with Crippen LogP contribution in [0.2, 0.25) is 0 Å². The molecule has 0 bridgehead atoms. The van der Waals surface area contributed by atoms with Gasteiger partial charge in [0.15, 0.2) is 0 Å². The molecule has 2 fully saturated rings. The predicted octanol–water partition coefficient (Wildman–Crippen LogP) is 4.17. The standard InChI is InChI=1S/C19H26N2/c1-18(2)11-7-6-10-17(18)21-16-12-19(13-16,14-20)15-8-4-3-5-9-15/h3-5,8-9,16-17,21H,6-7,10-13H2,1-2H3. The molecule has 1 aromatic rings. The van der Waals surface area contributed by atoms with Crippen LogP contribution in [0.1, 0.15) is 57.9 Å². The lowest BCUT2D eigenvalue weighted by Gasteiger charge is -2.48. The van der Waals surface area contributed by atoms with Gasteiger partial charge in [0.25, 0.3) is 0 Å². The minimum absolute atomic E-state index is 0.252. The molecule has 0 saturated heterocycles. The highest BCUT2D eigenvalue weighted by Crippen LogP contribution is 2.45. The third-order valence-corrected chi connectivity index (χ3v) is 5.67. The molecule has 2 nitrogen and oxygen atoms in total. The Labute approximate surface area is 128 Å². The average Bonchev–Trinajstić information content (AvgIpc) is 2.45. The van der Waals surface area contributed by atoms with Crippen LogP contribution >= 0.6 is 0 Å². The van der Waals surface area contributed by atoms with E-state index in [2.05, 4.69) is 37.4 Å². The van der Waals surface area contributed by atoms with Gasteiger partial charge in [0.05, 0.1) is 11.5 Å². The molecule has 0 heterocycles. The van der Waals surface area contributed by atoms with Gasteiger partial charge in [0.1, 0.15) is 0 Å². The van der Waals surface area contributed by atoms with Crippen LogP contribution in [0.15, 0.2) is 30.3 Å². The van der Waals surface area contributed by atoms with Gasteiger partial charge in [-0.15, -0.1) is 0 Å². The van der Waals surface area contributed by atoms with E-state index in [-0.39, 0.29) is 5.41 Å². The molecule has 0 aliphatic heterocycles. The van der Waals surface area contributed by atoms with E-state index in [0.29, 0.717) is 17.5 Å². The summed E-state index contributed by atoms with van der Waals surface area (Å²) in [4.78, 5) is 0. The first-order chi connectivity index (χ1) is 10.1. The normalized spacial score (nSPS) is 34.7. The first-order valence-corrected chi connectivity index (χ1v) is 8.29. The van der Waals surface area contributed by atoms with E-state index in [4.69, 9.17) is 0 Å². The number of nitrogens with zero attached hydrogens (tertiary/aromatic N) is 1. The number of benzene rings is 1. The number of rotatable bonds is 3. The highest BCUT2D eigenvalue weighted by molar-refractivity contribution is 5.37. The van der Waals surface area contributed by atoms with Gasteiger partial charge in [0, 0.05) is 12.1 Å². The maximum Gasteiger partial charge on any atom is 0.0852 e. The molecule has 112 valence electrons. The van der Waals surface area contributed by atoms with E-state index in [9.17, 15) is 5.26 Å². The van der Waals surface area contributed by atoms with Crippen molar-refractivity contribution in [2.24, 2.45) is 5.41 Å². The first-order valence-electron chi connectivity index (χ1n) is 8.29. The minimum Gasteiger partial charge on any atom is -0.311 e. The van der Waals surface area contributed by atoms with Gasteiger partial charge in [-0.2, -0.15) is 5.26 Å². The predicted molar refractivity (Wildman–Crippen MR) is 85.9 cm³/mol. The van der Waals surface area contributed by atoms with Gasteiger partial charge in [-0.25, -0.2) is 0 Å². The summed E-state index contributed by atoms with van der Waals surface area (Å²) in [6.45, 7) is 4.77. The molecule has 2 aliphatic carbocycles. The smallest absolute Gasteiger partial charge is 0.0852 e. The van der Waals surface area contributed by atoms with E-state index in [1.165, 1.54) is 31.2 Å². The highest BCUT2D eigenvalue weighted by Gasteiger charge is 2.47. The third kappa shape index (κ3) is 2.72.